The van der Waals surface area contributed by atoms with Crippen LogP contribution in [0, 0.1) is 0 Å². The minimum atomic E-state index is -1.33. The molecule has 0 spiro atoms. The van der Waals surface area contributed by atoms with E-state index in [9.17, 15) is 39.3 Å². The second-order valence-corrected chi connectivity index (χ2v) is 9.82. The molecule has 2 rings (SSSR count). The highest BCUT2D eigenvalue weighted by Gasteiger charge is 2.31. The first kappa shape index (κ1) is 33.5. The zero-order chi connectivity index (χ0) is 31.2. The number of carboxylic acids is 1. The van der Waals surface area contributed by atoms with Gasteiger partial charge in [0.25, 0.3) is 0 Å². The van der Waals surface area contributed by atoms with E-state index in [0.29, 0.717) is 30.5 Å². The summed E-state index contributed by atoms with van der Waals surface area (Å²) in [5.74, 6) is -4.51. The average molecular weight is 587 g/mol. The van der Waals surface area contributed by atoms with Gasteiger partial charge in [0.15, 0.2) is 0 Å². The Balaban J connectivity index is 2.33. The number of nitrogens with one attached hydrogen (secondary N) is 3. The molecule has 228 valence electrons. The molecule has 2 aromatic rings. The normalized spacial score (nSPS) is 13.7. The maximum atomic E-state index is 13.5. The van der Waals surface area contributed by atoms with Gasteiger partial charge in [0.2, 0.25) is 23.6 Å². The number of benzene rings is 2. The molecule has 42 heavy (non-hydrogen) atoms. The standard InChI is InChI=1S/C28H38N6O8/c29-12-2-1-3-21(28(41)42)32-26(39)23(14-17-6-10-19(36)11-7-17)34-27(40)22(13-16-4-8-18(35)9-5-16)33-25(38)20(30)15-24(31)37/h4-11,20-23,35-36H,1-3,12-15,29-30H2,(H2,31,37)(H,32,39)(H,33,38)(H,34,40)(H,41,42). The highest BCUT2D eigenvalue weighted by Crippen LogP contribution is 2.14. The lowest BCUT2D eigenvalue weighted by atomic mass is 10.0. The van der Waals surface area contributed by atoms with Crippen LogP contribution in [0.15, 0.2) is 48.5 Å². The second kappa shape index (κ2) is 16.5. The minimum absolute atomic E-state index is 0.0152. The van der Waals surface area contributed by atoms with Crippen LogP contribution in [-0.4, -0.2) is 75.6 Å². The van der Waals surface area contributed by atoms with Crippen molar-refractivity contribution in [2.45, 2.75) is 62.7 Å². The van der Waals surface area contributed by atoms with Gasteiger partial charge in [-0.1, -0.05) is 24.3 Å². The number of nitrogens with two attached hydrogens (primary N) is 3. The Morgan fingerprint density at radius 1 is 0.690 bits per heavy atom. The summed E-state index contributed by atoms with van der Waals surface area (Å²) in [6.45, 7) is 0.358. The zero-order valence-electron chi connectivity index (χ0n) is 23.0. The van der Waals surface area contributed by atoms with Crippen molar-refractivity contribution in [3.63, 3.8) is 0 Å². The number of amides is 4. The molecule has 2 aromatic carbocycles. The van der Waals surface area contributed by atoms with Crippen molar-refractivity contribution in [2.24, 2.45) is 17.2 Å². The third-order valence-corrected chi connectivity index (χ3v) is 6.34. The van der Waals surface area contributed by atoms with Gasteiger partial charge in [0.05, 0.1) is 12.5 Å². The Labute approximate surface area is 242 Å². The van der Waals surface area contributed by atoms with Crippen LogP contribution in [-0.2, 0) is 36.8 Å². The van der Waals surface area contributed by atoms with Gasteiger partial charge in [-0.15, -0.1) is 0 Å². The van der Waals surface area contributed by atoms with Crippen LogP contribution in [0.3, 0.4) is 0 Å². The molecule has 14 nitrogen and oxygen atoms in total. The number of aliphatic carboxylic acids is 1. The lowest BCUT2D eigenvalue weighted by molar-refractivity contribution is -0.142. The van der Waals surface area contributed by atoms with Gasteiger partial charge in [-0.2, -0.15) is 0 Å². The summed E-state index contributed by atoms with van der Waals surface area (Å²) in [6.07, 6.45) is 0.514. The maximum Gasteiger partial charge on any atom is 0.326 e. The van der Waals surface area contributed by atoms with Gasteiger partial charge in [0.1, 0.15) is 29.6 Å². The topological polar surface area (TPSA) is 260 Å². The summed E-state index contributed by atoms with van der Waals surface area (Å²) in [7, 11) is 0. The molecule has 4 unspecified atom stereocenters. The van der Waals surface area contributed by atoms with Gasteiger partial charge in [-0.3, -0.25) is 19.2 Å². The van der Waals surface area contributed by atoms with E-state index in [1.165, 1.54) is 48.5 Å². The van der Waals surface area contributed by atoms with Crippen LogP contribution in [0.25, 0.3) is 0 Å². The third-order valence-electron chi connectivity index (χ3n) is 6.34. The largest absolute Gasteiger partial charge is 0.508 e. The molecule has 14 heteroatoms. The van der Waals surface area contributed by atoms with Crippen molar-refractivity contribution in [3.8, 4) is 11.5 Å². The SMILES string of the molecule is NCCCCC(NC(=O)C(Cc1ccc(O)cc1)NC(=O)C(Cc1ccc(O)cc1)NC(=O)C(N)CC(N)=O)C(=O)O. The molecule has 4 amide bonds. The monoisotopic (exact) mass is 586 g/mol. The van der Waals surface area contributed by atoms with Gasteiger partial charge < -0.3 is 48.5 Å². The molecule has 0 aliphatic heterocycles. The number of carboxylic acid groups (broad SMARTS) is 1. The lowest BCUT2D eigenvalue weighted by Crippen LogP contribution is -2.58. The second-order valence-electron chi connectivity index (χ2n) is 9.82. The van der Waals surface area contributed by atoms with Gasteiger partial charge >= 0.3 is 5.97 Å². The smallest absolute Gasteiger partial charge is 0.326 e. The Hall–Kier alpha value is -4.69. The highest BCUT2D eigenvalue weighted by molar-refractivity contribution is 5.95. The molecule has 0 aliphatic carbocycles. The predicted molar refractivity (Wildman–Crippen MR) is 152 cm³/mol. The summed E-state index contributed by atoms with van der Waals surface area (Å²) in [5.41, 5.74) is 17.5. The van der Waals surface area contributed by atoms with E-state index in [2.05, 4.69) is 16.0 Å². The number of unbranched alkanes of at least 4 members (excludes halogenated alkanes) is 1. The minimum Gasteiger partial charge on any atom is -0.508 e. The highest BCUT2D eigenvalue weighted by atomic mass is 16.4. The molecule has 0 heterocycles. The predicted octanol–water partition coefficient (Wildman–Crippen LogP) is -1.25. The molecular formula is C28H38N6O8. The summed E-state index contributed by atoms with van der Waals surface area (Å²) < 4.78 is 0. The maximum absolute atomic E-state index is 13.5. The number of phenolic OH excluding ortho intramolecular Hbond substituents is 2. The molecule has 0 fully saturated rings. The van der Waals surface area contributed by atoms with Crippen molar-refractivity contribution in [2.75, 3.05) is 6.54 Å². The van der Waals surface area contributed by atoms with E-state index in [-0.39, 0.29) is 30.8 Å². The number of aromatic hydroxyl groups is 2. The van der Waals surface area contributed by atoms with Crippen LogP contribution in [0.2, 0.25) is 0 Å². The number of hydrogen-bond donors (Lipinski definition) is 9. The first-order valence-electron chi connectivity index (χ1n) is 13.3. The number of primary amides is 1. The first-order chi connectivity index (χ1) is 19.9. The van der Waals surface area contributed by atoms with Crippen LogP contribution in [0.4, 0.5) is 0 Å². The Morgan fingerprint density at radius 2 is 1.12 bits per heavy atom. The van der Waals surface area contributed by atoms with Crippen molar-refractivity contribution in [1.82, 2.24) is 16.0 Å². The van der Waals surface area contributed by atoms with E-state index >= 15 is 0 Å². The van der Waals surface area contributed by atoms with Crippen molar-refractivity contribution in [3.05, 3.63) is 59.7 Å². The van der Waals surface area contributed by atoms with Crippen LogP contribution >= 0.6 is 0 Å². The van der Waals surface area contributed by atoms with Gasteiger partial charge in [0, 0.05) is 12.8 Å². The molecule has 0 aromatic heterocycles. The molecule has 0 radical (unpaired) electrons. The summed E-state index contributed by atoms with van der Waals surface area (Å²) in [5, 5.41) is 36.4. The molecular weight excluding hydrogens is 548 g/mol. The Morgan fingerprint density at radius 3 is 1.52 bits per heavy atom. The number of carbonyl (C=O) groups excluding carboxylic acids is 4. The number of hydrogen-bond acceptors (Lipinski definition) is 9. The molecule has 0 saturated heterocycles. The Kier molecular flexibility index (Phi) is 13.2. The molecule has 12 N–H and O–H groups in total. The number of phenols is 2. The number of carbonyl (C=O) groups is 5. The van der Waals surface area contributed by atoms with Crippen LogP contribution in [0.5, 0.6) is 11.5 Å². The van der Waals surface area contributed by atoms with Crippen molar-refractivity contribution < 1.29 is 39.3 Å². The summed E-state index contributed by atoms with van der Waals surface area (Å²) in [6, 6.07) is 6.58. The average Bonchev–Trinajstić information content (AvgIpc) is 2.93. The molecule has 0 aliphatic rings. The molecule has 0 saturated carbocycles. The molecule has 4 atom stereocenters. The van der Waals surface area contributed by atoms with Crippen molar-refractivity contribution in [1.29, 1.82) is 0 Å². The van der Waals surface area contributed by atoms with E-state index in [1.807, 2.05) is 0 Å². The van der Waals surface area contributed by atoms with Crippen LogP contribution in [0.1, 0.15) is 36.8 Å². The lowest BCUT2D eigenvalue weighted by Gasteiger charge is -2.25. The number of rotatable bonds is 17. The Bertz CT molecular complexity index is 1220. The fourth-order valence-electron chi connectivity index (χ4n) is 4.04. The molecule has 0 bridgehead atoms. The zero-order valence-corrected chi connectivity index (χ0v) is 23.0. The third kappa shape index (κ3) is 11.4. The van der Waals surface area contributed by atoms with Crippen LogP contribution < -0.4 is 33.2 Å². The van der Waals surface area contributed by atoms with Crippen molar-refractivity contribution >= 4 is 29.6 Å². The van der Waals surface area contributed by atoms with E-state index in [1.54, 1.807) is 0 Å². The van der Waals surface area contributed by atoms with Gasteiger partial charge in [-0.25, -0.2) is 4.79 Å². The first-order valence-corrected chi connectivity index (χ1v) is 13.3. The quantitative estimate of drug-likeness (QED) is 0.0995. The van der Waals surface area contributed by atoms with E-state index < -0.39 is 60.2 Å². The van der Waals surface area contributed by atoms with Gasteiger partial charge in [-0.05, 0) is 61.2 Å². The van der Waals surface area contributed by atoms with E-state index in [4.69, 9.17) is 17.2 Å². The van der Waals surface area contributed by atoms with E-state index in [0.717, 1.165) is 0 Å². The summed E-state index contributed by atoms with van der Waals surface area (Å²) >= 11 is 0. The fraction of sp³-hybridized carbons (Fsp3) is 0.393. The summed E-state index contributed by atoms with van der Waals surface area (Å²) in [4.78, 5) is 62.6. The fourth-order valence-corrected chi connectivity index (χ4v) is 4.04.